The summed E-state index contributed by atoms with van der Waals surface area (Å²) in [5, 5.41) is 8.44. The number of aryl methyl sites for hydroxylation is 4. The number of fused-ring (bicyclic) bond motifs is 5. The molecule has 0 aliphatic carbocycles. The first-order valence-electron chi connectivity index (χ1n) is 20.4. The Morgan fingerprint density at radius 2 is 1.49 bits per heavy atom. The van der Waals surface area contributed by atoms with Crippen LogP contribution in [-0.4, -0.2) is 40.8 Å². The molecule has 57 heavy (non-hydrogen) atoms. The van der Waals surface area contributed by atoms with Crippen molar-refractivity contribution in [2.45, 2.75) is 107 Å². The Kier molecular flexibility index (Phi) is 12.7. The maximum absolute atomic E-state index is 14.8. The zero-order valence-electron chi connectivity index (χ0n) is 35.5. The van der Waals surface area contributed by atoms with Crippen LogP contribution in [0.3, 0.4) is 0 Å². The fraction of sp³-hybridized carbons (Fsp3) is 0.380. The van der Waals surface area contributed by atoms with Crippen LogP contribution in [0, 0.1) is 33.6 Å². The number of hydrogen-bond donors (Lipinski definition) is 0. The molecule has 0 fully saturated rings. The summed E-state index contributed by atoms with van der Waals surface area (Å²) in [5.74, 6) is 0.596. The molecule has 0 bridgehead atoms. The maximum Gasteiger partial charge on any atom is 0.332 e. The van der Waals surface area contributed by atoms with E-state index in [1.54, 1.807) is 0 Å². The third-order valence-corrected chi connectivity index (χ3v) is 10.8. The third kappa shape index (κ3) is 9.15. The van der Waals surface area contributed by atoms with E-state index in [4.69, 9.17) is 14.3 Å². The second-order valence-corrected chi connectivity index (χ2v) is 16.6. The minimum absolute atomic E-state index is 0.0172. The summed E-state index contributed by atoms with van der Waals surface area (Å²) in [5.41, 5.74) is 9.33. The molecule has 0 saturated carbocycles. The summed E-state index contributed by atoms with van der Waals surface area (Å²) in [6.07, 6.45) is 4.53. The van der Waals surface area contributed by atoms with Crippen molar-refractivity contribution in [2.24, 2.45) is 11.1 Å². The molecule has 7 heteroatoms. The molecule has 0 radical (unpaired) electrons. The molecule has 0 spiro atoms. The lowest BCUT2D eigenvalue weighted by Gasteiger charge is -2.20. The van der Waals surface area contributed by atoms with E-state index in [0.29, 0.717) is 41.7 Å². The fourth-order valence-electron chi connectivity index (χ4n) is 8.15. The van der Waals surface area contributed by atoms with Crippen LogP contribution >= 0.6 is 0 Å². The average Bonchev–Trinajstić information content (AvgIpc) is 3.46. The second-order valence-electron chi connectivity index (χ2n) is 16.6. The molecule has 0 amide bonds. The summed E-state index contributed by atoms with van der Waals surface area (Å²) in [6, 6.07) is 26.9. The molecule has 7 nitrogen and oxygen atoms in total. The van der Waals surface area contributed by atoms with Crippen molar-refractivity contribution in [1.29, 1.82) is 0 Å². The van der Waals surface area contributed by atoms with Crippen molar-refractivity contribution in [1.82, 2.24) is 4.57 Å². The number of oxime groups is 1. The Hall–Kier alpha value is -5.27. The molecular formula is C50H58N2O5. The second kappa shape index (κ2) is 17.5. The number of ketones is 1. The first-order valence-corrected chi connectivity index (χ1v) is 20.4. The number of carbonyl (C=O) groups excluding carboxylic acids is 2. The van der Waals surface area contributed by atoms with Gasteiger partial charge in [-0.15, -0.1) is 0 Å². The van der Waals surface area contributed by atoms with Crippen LogP contribution in [0.5, 0.6) is 5.75 Å². The van der Waals surface area contributed by atoms with Crippen molar-refractivity contribution < 1.29 is 23.9 Å². The lowest BCUT2D eigenvalue weighted by molar-refractivity contribution is -0.140. The molecular weight excluding hydrogens is 709 g/mol. The summed E-state index contributed by atoms with van der Waals surface area (Å²) in [7, 11) is 0. The van der Waals surface area contributed by atoms with Gasteiger partial charge in [-0.25, -0.2) is 4.79 Å². The Bertz CT molecular complexity index is 2460. The predicted molar refractivity (Wildman–Crippen MR) is 234 cm³/mol. The topological polar surface area (TPSA) is 79.1 Å². The van der Waals surface area contributed by atoms with E-state index in [0.717, 1.165) is 91.8 Å². The summed E-state index contributed by atoms with van der Waals surface area (Å²) < 4.78 is 14.8. The molecule has 0 aliphatic rings. The fourth-order valence-corrected chi connectivity index (χ4v) is 8.15. The van der Waals surface area contributed by atoms with Crippen LogP contribution < -0.4 is 4.74 Å². The minimum Gasteiger partial charge on any atom is -0.490 e. The van der Waals surface area contributed by atoms with Crippen LogP contribution in [0.1, 0.15) is 117 Å². The Labute approximate surface area is 338 Å². The Balaban J connectivity index is 1.61. The number of unbranched alkanes of at least 4 members (excludes halogenated alkanes) is 1. The van der Waals surface area contributed by atoms with Gasteiger partial charge in [0.1, 0.15) is 18.1 Å². The Morgan fingerprint density at radius 3 is 2.16 bits per heavy atom. The first-order chi connectivity index (χ1) is 27.2. The number of aromatic nitrogens is 1. The molecule has 298 valence electrons. The highest BCUT2D eigenvalue weighted by atomic mass is 16.7. The van der Waals surface area contributed by atoms with Crippen LogP contribution in [0.2, 0.25) is 0 Å². The molecule has 6 aromatic rings. The zero-order valence-corrected chi connectivity index (χ0v) is 35.5. The molecule has 1 unspecified atom stereocenters. The predicted octanol–water partition coefficient (Wildman–Crippen LogP) is 12.1. The summed E-state index contributed by atoms with van der Waals surface area (Å²) in [6.45, 7) is 21.6. The maximum atomic E-state index is 14.8. The highest BCUT2D eigenvalue weighted by molar-refractivity contribution is 6.27. The van der Waals surface area contributed by atoms with Gasteiger partial charge in [-0.05, 0) is 113 Å². The van der Waals surface area contributed by atoms with Gasteiger partial charge in [0.2, 0.25) is 0 Å². The molecule has 6 rings (SSSR count). The molecule has 0 aliphatic heterocycles. The van der Waals surface area contributed by atoms with Gasteiger partial charge in [0.05, 0.1) is 17.7 Å². The minimum atomic E-state index is -0.521. The molecule has 1 atom stereocenters. The van der Waals surface area contributed by atoms with Crippen LogP contribution in [0.25, 0.3) is 32.6 Å². The van der Waals surface area contributed by atoms with Crippen molar-refractivity contribution >= 4 is 50.0 Å². The SMILES string of the molecule is CCCCC(CC)Cn1c2ccc(C(=NOC(C)=O)c3ccc(C)cc3OCCOC(C)(C)C)cc2c2cc(C(=O)c3c(C)cc(C)cc3C)c3ccccc3c21. The number of rotatable bonds is 15. The van der Waals surface area contributed by atoms with Gasteiger partial charge < -0.3 is 18.9 Å². The summed E-state index contributed by atoms with van der Waals surface area (Å²) in [4.78, 5) is 32.4. The van der Waals surface area contributed by atoms with Crippen molar-refractivity contribution in [3.63, 3.8) is 0 Å². The molecule has 0 saturated heterocycles. The number of ether oxygens (including phenoxy) is 2. The molecule has 0 N–H and O–H groups in total. The van der Waals surface area contributed by atoms with E-state index < -0.39 is 5.97 Å². The van der Waals surface area contributed by atoms with Crippen molar-refractivity contribution in [2.75, 3.05) is 13.2 Å². The van der Waals surface area contributed by atoms with Gasteiger partial charge in [0.25, 0.3) is 0 Å². The average molecular weight is 767 g/mol. The zero-order chi connectivity index (χ0) is 41.0. The quantitative estimate of drug-likeness (QED) is 0.0342. The first kappa shape index (κ1) is 41.4. The van der Waals surface area contributed by atoms with Gasteiger partial charge in [-0.3, -0.25) is 4.79 Å². The number of hydrogen-bond acceptors (Lipinski definition) is 6. The van der Waals surface area contributed by atoms with Gasteiger partial charge >= 0.3 is 5.97 Å². The largest absolute Gasteiger partial charge is 0.490 e. The smallest absolute Gasteiger partial charge is 0.332 e. The normalized spacial score (nSPS) is 12.8. The number of carbonyl (C=O) groups is 2. The van der Waals surface area contributed by atoms with Gasteiger partial charge in [0.15, 0.2) is 5.78 Å². The third-order valence-electron chi connectivity index (χ3n) is 10.8. The van der Waals surface area contributed by atoms with Crippen molar-refractivity contribution in [3.8, 4) is 5.75 Å². The van der Waals surface area contributed by atoms with E-state index in [-0.39, 0.29) is 11.4 Å². The van der Waals surface area contributed by atoms with Gasteiger partial charge in [0, 0.05) is 57.4 Å². The van der Waals surface area contributed by atoms with Crippen LogP contribution in [0.15, 0.2) is 84.0 Å². The van der Waals surface area contributed by atoms with E-state index in [9.17, 15) is 9.59 Å². The highest BCUT2D eigenvalue weighted by Gasteiger charge is 2.25. The van der Waals surface area contributed by atoms with Crippen LogP contribution in [-0.2, 0) is 20.9 Å². The van der Waals surface area contributed by atoms with Gasteiger partial charge in [-0.2, -0.15) is 0 Å². The van der Waals surface area contributed by atoms with E-state index in [1.165, 1.54) is 13.3 Å². The van der Waals surface area contributed by atoms with E-state index in [2.05, 4.69) is 79.0 Å². The number of benzene rings is 5. The Morgan fingerprint density at radius 1 is 0.772 bits per heavy atom. The van der Waals surface area contributed by atoms with Gasteiger partial charge in [-0.1, -0.05) is 92.4 Å². The summed E-state index contributed by atoms with van der Waals surface area (Å²) >= 11 is 0. The monoisotopic (exact) mass is 766 g/mol. The van der Waals surface area contributed by atoms with E-state index >= 15 is 0 Å². The van der Waals surface area contributed by atoms with Crippen LogP contribution in [0.4, 0.5) is 0 Å². The van der Waals surface area contributed by atoms with E-state index in [1.807, 2.05) is 71.9 Å². The molecule has 1 aromatic heterocycles. The number of nitrogens with zero attached hydrogens (tertiary/aromatic N) is 2. The van der Waals surface area contributed by atoms with Crippen molar-refractivity contribution in [3.05, 3.63) is 123 Å². The lowest BCUT2D eigenvalue weighted by Crippen LogP contribution is -2.22. The molecule has 1 heterocycles. The molecule has 5 aromatic carbocycles. The highest BCUT2D eigenvalue weighted by Crippen LogP contribution is 2.39. The standard InChI is InChI=1S/C50H58N2O5/c1-11-13-16-36(12-2)30-52-44-22-20-37(47(51-57-35(7)53)40-21-19-31(3)27-45(40)55-23-24-56-50(8,9)10)28-41(44)42-29-43(38-17-14-15-18-39(38)48(42)52)49(54)46-33(5)25-32(4)26-34(46)6/h14-15,17-22,25-29,36H,11-13,16,23-24,30H2,1-10H3. The lowest BCUT2D eigenvalue weighted by atomic mass is 9.89.